The summed E-state index contributed by atoms with van der Waals surface area (Å²) in [6.07, 6.45) is -14.8. The minimum Gasteiger partial charge on any atom is -0.457 e. The van der Waals surface area contributed by atoms with Crippen LogP contribution in [0.25, 0.3) is 0 Å². The fourth-order valence-corrected chi connectivity index (χ4v) is 2.90. The summed E-state index contributed by atoms with van der Waals surface area (Å²) in [4.78, 5) is 0. The molecule has 35 heavy (non-hydrogen) atoms. The number of nitrogen functional groups attached to an aromatic ring is 2. The summed E-state index contributed by atoms with van der Waals surface area (Å²) in [5, 5.41) is 0. The highest BCUT2D eigenvalue weighted by Gasteiger charge is 2.37. The van der Waals surface area contributed by atoms with E-state index in [-0.39, 0.29) is 6.07 Å². The summed E-state index contributed by atoms with van der Waals surface area (Å²) in [7, 11) is 0. The third kappa shape index (κ3) is 5.81. The Kier molecular flexibility index (Phi) is 6.44. The van der Waals surface area contributed by atoms with Crippen molar-refractivity contribution in [3.8, 4) is 23.0 Å². The zero-order chi connectivity index (χ0) is 26.3. The van der Waals surface area contributed by atoms with E-state index in [0.29, 0.717) is 36.4 Å². The molecule has 0 aliphatic heterocycles. The molecule has 14 heteroatoms. The smallest absolute Gasteiger partial charge is 0.420 e. The van der Waals surface area contributed by atoms with Crippen LogP contribution in [-0.2, 0) is 18.5 Å². The Morgan fingerprint density at radius 1 is 0.514 bits per heavy atom. The average molecular weight is 514 g/mol. The minimum atomic E-state index is -5.16. The van der Waals surface area contributed by atoms with Crippen LogP contribution in [0.2, 0.25) is 0 Å². The van der Waals surface area contributed by atoms with Gasteiger partial charge in [0.2, 0.25) is 0 Å². The highest BCUT2D eigenvalue weighted by atomic mass is 19.4. The predicted octanol–water partition coefficient (Wildman–Crippen LogP) is 7.63. The van der Waals surface area contributed by atoms with Crippen molar-refractivity contribution in [2.24, 2.45) is 0 Å². The zero-order valence-electron chi connectivity index (χ0n) is 16.9. The van der Waals surface area contributed by atoms with Crippen molar-refractivity contribution in [2.45, 2.75) is 18.5 Å². The largest absolute Gasteiger partial charge is 0.457 e. The predicted molar refractivity (Wildman–Crippen MR) is 103 cm³/mol. The quantitative estimate of drug-likeness (QED) is 0.278. The monoisotopic (exact) mass is 514 g/mol. The van der Waals surface area contributed by atoms with Gasteiger partial charge in [0.15, 0.2) is 11.6 Å². The van der Waals surface area contributed by atoms with Crippen molar-refractivity contribution < 1.29 is 53.4 Å². The minimum absolute atomic E-state index is 0.00839. The maximum absolute atomic E-state index is 14.4. The van der Waals surface area contributed by atoms with Gasteiger partial charge in [-0.2, -0.15) is 39.5 Å². The lowest BCUT2D eigenvalue weighted by atomic mass is 10.1. The molecule has 0 bridgehead atoms. The highest BCUT2D eigenvalue weighted by molar-refractivity contribution is 5.56. The number of halogens is 10. The second-order valence-electron chi connectivity index (χ2n) is 6.97. The first-order valence-corrected chi connectivity index (χ1v) is 9.16. The molecule has 0 amide bonds. The van der Waals surface area contributed by atoms with Crippen molar-refractivity contribution in [2.75, 3.05) is 11.5 Å². The lowest BCUT2D eigenvalue weighted by Gasteiger charge is -2.17. The van der Waals surface area contributed by atoms with Gasteiger partial charge in [-0.25, -0.2) is 4.39 Å². The van der Waals surface area contributed by atoms with Crippen LogP contribution in [0.5, 0.6) is 23.0 Å². The molecular weight excluding hydrogens is 502 g/mol. The standard InChI is InChI=1S/C21H12F10N2O2/c22-14-7-13(21(29,30)31)17(34-9-1-3-11(15(32)5-9)19(23,24)25)8-18(14)35-10-2-4-12(16(33)6-10)20(26,27)28/h1-8H,32-33H2. The first-order valence-electron chi connectivity index (χ1n) is 9.16. The van der Waals surface area contributed by atoms with Crippen LogP contribution >= 0.6 is 0 Å². The Labute approximate surface area is 189 Å². The molecule has 0 saturated carbocycles. The Hall–Kier alpha value is -3.84. The van der Waals surface area contributed by atoms with Gasteiger partial charge in [-0.3, -0.25) is 0 Å². The number of nitrogens with two attached hydrogens (primary N) is 2. The summed E-state index contributed by atoms with van der Waals surface area (Å²) in [5.74, 6) is -4.52. The van der Waals surface area contributed by atoms with Crippen molar-refractivity contribution in [3.63, 3.8) is 0 Å². The maximum atomic E-state index is 14.4. The molecule has 0 spiro atoms. The normalized spacial score (nSPS) is 12.5. The van der Waals surface area contributed by atoms with Gasteiger partial charge in [0.1, 0.15) is 22.8 Å². The van der Waals surface area contributed by atoms with E-state index >= 15 is 0 Å². The molecular formula is C21H12F10N2O2. The third-order valence-electron chi connectivity index (χ3n) is 4.45. The van der Waals surface area contributed by atoms with Gasteiger partial charge in [-0.1, -0.05) is 0 Å². The van der Waals surface area contributed by atoms with Crippen LogP contribution < -0.4 is 20.9 Å². The zero-order valence-corrected chi connectivity index (χ0v) is 16.9. The molecule has 3 aromatic rings. The van der Waals surface area contributed by atoms with Gasteiger partial charge < -0.3 is 20.9 Å². The molecule has 4 N–H and O–H groups in total. The van der Waals surface area contributed by atoms with Crippen LogP contribution in [0.1, 0.15) is 16.7 Å². The first kappa shape index (κ1) is 25.8. The molecule has 0 atom stereocenters. The van der Waals surface area contributed by atoms with E-state index in [1.54, 1.807) is 0 Å². The Bertz CT molecular complexity index is 1250. The van der Waals surface area contributed by atoms with E-state index in [0.717, 1.165) is 6.07 Å². The molecule has 0 radical (unpaired) electrons. The van der Waals surface area contributed by atoms with E-state index in [2.05, 4.69) is 0 Å². The Morgan fingerprint density at radius 3 is 1.29 bits per heavy atom. The lowest BCUT2D eigenvalue weighted by molar-refractivity contribution is -0.139. The SMILES string of the molecule is Nc1cc(Oc2cc(Oc3ccc(C(F)(F)F)c(N)c3)c(C(F)(F)F)cc2F)ccc1C(F)(F)F. The number of alkyl halides is 9. The summed E-state index contributed by atoms with van der Waals surface area (Å²) < 4.78 is 142. The second-order valence-corrected chi connectivity index (χ2v) is 6.97. The van der Waals surface area contributed by atoms with E-state index in [1.807, 2.05) is 0 Å². The van der Waals surface area contributed by atoms with Gasteiger partial charge in [-0.15, -0.1) is 0 Å². The number of hydrogen-bond donors (Lipinski definition) is 2. The maximum Gasteiger partial charge on any atom is 0.420 e. The molecule has 3 rings (SSSR count). The topological polar surface area (TPSA) is 70.5 Å². The van der Waals surface area contributed by atoms with Gasteiger partial charge in [0.05, 0.1) is 11.1 Å². The molecule has 0 aliphatic rings. The molecule has 0 aromatic heterocycles. The highest BCUT2D eigenvalue weighted by Crippen LogP contribution is 2.44. The van der Waals surface area contributed by atoms with Gasteiger partial charge in [-0.05, 0) is 30.3 Å². The fourth-order valence-electron chi connectivity index (χ4n) is 2.90. The van der Waals surface area contributed by atoms with Crippen molar-refractivity contribution in [1.29, 1.82) is 0 Å². The summed E-state index contributed by atoms with van der Waals surface area (Å²) >= 11 is 0. The number of anilines is 2. The lowest BCUT2D eigenvalue weighted by Crippen LogP contribution is -2.10. The van der Waals surface area contributed by atoms with Crippen molar-refractivity contribution >= 4 is 11.4 Å². The molecule has 0 aliphatic carbocycles. The van der Waals surface area contributed by atoms with Gasteiger partial charge in [0.25, 0.3) is 0 Å². The van der Waals surface area contributed by atoms with E-state index in [4.69, 9.17) is 20.9 Å². The van der Waals surface area contributed by atoms with Crippen LogP contribution in [-0.4, -0.2) is 0 Å². The Morgan fingerprint density at radius 2 is 0.914 bits per heavy atom. The molecule has 0 saturated heterocycles. The fraction of sp³-hybridized carbons (Fsp3) is 0.143. The number of rotatable bonds is 4. The van der Waals surface area contributed by atoms with E-state index in [1.165, 1.54) is 0 Å². The number of benzene rings is 3. The molecule has 188 valence electrons. The third-order valence-corrected chi connectivity index (χ3v) is 4.45. The average Bonchev–Trinajstić information content (AvgIpc) is 2.67. The van der Waals surface area contributed by atoms with Crippen LogP contribution in [0, 0.1) is 5.82 Å². The van der Waals surface area contributed by atoms with Crippen LogP contribution in [0.3, 0.4) is 0 Å². The van der Waals surface area contributed by atoms with Crippen molar-refractivity contribution in [3.05, 3.63) is 71.0 Å². The first-order chi connectivity index (χ1) is 16.0. The Balaban J connectivity index is 2.01. The molecule has 0 fully saturated rings. The summed E-state index contributed by atoms with van der Waals surface area (Å²) in [6.45, 7) is 0. The van der Waals surface area contributed by atoms with Crippen molar-refractivity contribution in [1.82, 2.24) is 0 Å². The molecule has 4 nitrogen and oxygen atoms in total. The van der Waals surface area contributed by atoms with Gasteiger partial charge in [0, 0.05) is 29.6 Å². The molecule has 0 unspecified atom stereocenters. The summed E-state index contributed by atoms with van der Waals surface area (Å²) in [5.41, 5.74) is 4.85. The summed E-state index contributed by atoms with van der Waals surface area (Å²) in [6, 6.07) is 4.16. The van der Waals surface area contributed by atoms with Crippen LogP contribution in [0.4, 0.5) is 55.3 Å². The second kappa shape index (κ2) is 8.74. The van der Waals surface area contributed by atoms with Gasteiger partial charge >= 0.3 is 18.5 Å². The number of ether oxygens (including phenoxy) is 2. The van der Waals surface area contributed by atoms with E-state index < -0.39 is 75.4 Å². The molecule has 0 heterocycles. The van der Waals surface area contributed by atoms with E-state index in [9.17, 15) is 43.9 Å². The molecule has 3 aromatic carbocycles. The number of hydrogen-bond acceptors (Lipinski definition) is 4. The van der Waals surface area contributed by atoms with Crippen LogP contribution in [0.15, 0.2) is 48.5 Å².